The molecule has 2 aliphatic heterocycles. The lowest BCUT2D eigenvalue weighted by atomic mass is 9.71. The van der Waals surface area contributed by atoms with E-state index < -0.39 is 0 Å². The van der Waals surface area contributed by atoms with E-state index in [2.05, 4.69) is 22.0 Å². The Morgan fingerprint density at radius 3 is 2.71 bits per heavy atom. The topological polar surface area (TPSA) is 65.9 Å². The second-order valence-electron chi connectivity index (χ2n) is 8.04. The van der Waals surface area contributed by atoms with Crippen molar-refractivity contribution in [3.05, 3.63) is 89.7 Å². The minimum atomic E-state index is -0.0521. The first-order chi connectivity index (χ1) is 15.2. The van der Waals surface area contributed by atoms with E-state index in [0.717, 1.165) is 22.6 Å². The van der Waals surface area contributed by atoms with Gasteiger partial charge in [0.25, 0.3) is 5.91 Å². The van der Waals surface area contributed by atoms with Crippen molar-refractivity contribution in [3.8, 4) is 5.75 Å². The van der Waals surface area contributed by atoms with E-state index in [0.29, 0.717) is 18.7 Å². The number of likely N-dealkylation sites (tertiary alicyclic amines) is 1. The fourth-order valence-corrected chi connectivity index (χ4v) is 5.07. The number of carbonyl (C=O) groups excluding carboxylic acids is 1. The number of aromatic nitrogens is 1. The van der Waals surface area contributed by atoms with E-state index in [-0.39, 0.29) is 30.5 Å². The third-order valence-electron chi connectivity index (χ3n) is 6.52. The van der Waals surface area contributed by atoms with Crippen molar-refractivity contribution in [1.82, 2.24) is 9.88 Å². The summed E-state index contributed by atoms with van der Waals surface area (Å²) in [6.45, 7) is 1.30. The van der Waals surface area contributed by atoms with E-state index >= 15 is 0 Å². The number of carbonyl (C=O) groups is 1. The number of fused-ring (bicyclic) bond motifs is 3. The second-order valence-corrected chi connectivity index (χ2v) is 8.04. The minimum Gasteiger partial charge on any atom is -0.496 e. The Morgan fingerprint density at radius 2 is 1.94 bits per heavy atom. The molecule has 6 heteroatoms. The van der Waals surface area contributed by atoms with Crippen molar-refractivity contribution >= 4 is 11.6 Å². The number of rotatable bonds is 5. The van der Waals surface area contributed by atoms with Gasteiger partial charge in [-0.15, -0.1) is 0 Å². The number of aliphatic hydroxyl groups is 1. The van der Waals surface area contributed by atoms with Gasteiger partial charge in [-0.25, -0.2) is 0 Å². The van der Waals surface area contributed by atoms with Crippen LogP contribution >= 0.6 is 0 Å². The van der Waals surface area contributed by atoms with Crippen LogP contribution < -0.4 is 9.64 Å². The molecular formula is C25H25N3O3. The molecule has 0 saturated carbocycles. The highest BCUT2D eigenvalue weighted by Crippen LogP contribution is 2.49. The van der Waals surface area contributed by atoms with Gasteiger partial charge in [-0.2, -0.15) is 0 Å². The van der Waals surface area contributed by atoms with Crippen molar-refractivity contribution in [2.24, 2.45) is 0 Å². The van der Waals surface area contributed by atoms with Crippen LogP contribution in [0.5, 0.6) is 5.75 Å². The molecule has 6 nitrogen and oxygen atoms in total. The Balaban J connectivity index is 1.50. The van der Waals surface area contributed by atoms with E-state index in [1.807, 2.05) is 41.3 Å². The molecule has 1 amide bonds. The lowest BCUT2D eigenvalue weighted by molar-refractivity contribution is -0.0491. The number of aliphatic hydroxyl groups excluding tert-OH is 1. The Morgan fingerprint density at radius 1 is 1.13 bits per heavy atom. The summed E-state index contributed by atoms with van der Waals surface area (Å²) in [4.78, 5) is 21.6. The Labute approximate surface area is 181 Å². The third kappa shape index (κ3) is 3.28. The molecule has 1 saturated heterocycles. The lowest BCUT2D eigenvalue weighted by Gasteiger charge is -2.59. The Kier molecular flexibility index (Phi) is 5.18. The first kappa shape index (κ1) is 19.7. The molecule has 0 unspecified atom stereocenters. The van der Waals surface area contributed by atoms with Gasteiger partial charge in [-0.3, -0.25) is 14.7 Å². The zero-order valence-corrected chi connectivity index (χ0v) is 17.4. The number of hydrogen-bond donors (Lipinski definition) is 1. The average Bonchev–Trinajstić information content (AvgIpc) is 2.83. The number of nitrogens with zero attached hydrogens (tertiary/aromatic N) is 3. The van der Waals surface area contributed by atoms with Crippen LogP contribution in [0.3, 0.4) is 0 Å². The van der Waals surface area contributed by atoms with E-state index in [1.54, 1.807) is 31.6 Å². The molecule has 0 bridgehead atoms. The number of amides is 1. The maximum atomic E-state index is 13.4. The first-order valence-corrected chi connectivity index (χ1v) is 10.5. The molecule has 3 heterocycles. The molecule has 2 aromatic carbocycles. The van der Waals surface area contributed by atoms with Crippen LogP contribution in [0.15, 0.2) is 73.1 Å². The summed E-state index contributed by atoms with van der Waals surface area (Å²) < 4.78 is 5.53. The van der Waals surface area contributed by atoms with Gasteiger partial charge in [0.05, 0.1) is 19.3 Å². The van der Waals surface area contributed by atoms with E-state index in [4.69, 9.17) is 4.74 Å². The summed E-state index contributed by atoms with van der Waals surface area (Å²) in [6, 6.07) is 19.7. The maximum absolute atomic E-state index is 13.4. The number of pyridine rings is 1. The Bertz CT molecular complexity index is 1090. The molecular weight excluding hydrogens is 390 g/mol. The zero-order valence-electron chi connectivity index (χ0n) is 17.4. The Hall–Kier alpha value is -3.22. The zero-order chi connectivity index (χ0) is 21.4. The fourth-order valence-electron chi connectivity index (χ4n) is 5.07. The van der Waals surface area contributed by atoms with Crippen LogP contribution in [-0.4, -0.2) is 53.2 Å². The SMILES string of the molecule is COc1ccccc1CN1[C@@H]2CN(C(=O)c3cccnc3)c3ccccc3[C@@H]2[C@@H]1CO. The number of para-hydroxylation sites is 2. The smallest absolute Gasteiger partial charge is 0.259 e. The number of ether oxygens (including phenoxy) is 1. The predicted octanol–water partition coefficient (Wildman–Crippen LogP) is 3.08. The van der Waals surface area contributed by atoms with Crippen molar-refractivity contribution in [1.29, 1.82) is 0 Å². The molecule has 3 aromatic rings. The molecule has 3 atom stereocenters. The monoisotopic (exact) mass is 415 g/mol. The highest BCUT2D eigenvalue weighted by molar-refractivity contribution is 6.06. The van der Waals surface area contributed by atoms with Gasteiger partial charge in [0.2, 0.25) is 0 Å². The molecule has 2 aliphatic rings. The molecule has 1 aromatic heterocycles. The van der Waals surface area contributed by atoms with Crippen molar-refractivity contribution in [2.45, 2.75) is 24.5 Å². The molecule has 31 heavy (non-hydrogen) atoms. The number of benzene rings is 2. The summed E-state index contributed by atoms with van der Waals surface area (Å²) in [6.07, 6.45) is 3.28. The summed E-state index contributed by atoms with van der Waals surface area (Å²) in [5.41, 5.74) is 3.69. The van der Waals surface area contributed by atoms with Crippen LogP contribution in [0.25, 0.3) is 0 Å². The highest BCUT2D eigenvalue weighted by atomic mass is 16.5. The van der Waals surface area contributed by atoms with Gasteiger partial charge < -0.3 is 14.7 Å². The van der Waals surface area contributed by atoms with Crippen LogP contribution in [0.1, 0.15) is 27.4 Å². The summed E-state index contributed by atoms with van der Waals surface area (Å²) >= 11 is 0. The van der Waals surface area contributed by atoms with Crippen LogP contribution in [0.4, 0.5) is 5.69 Å². The van der Waals surface area contributed by atoms with Gasteiger partial charge in [0.1, 0.15) is 5.75 Å². The van der Waals surface area contributed by atoms with Crippen molar-refractivity contribution in [2.75, 3.05) is 25.2 Å². The van der Waals surface area contributed by atoms with Crippen LogP contribution in [0, 0.1) is 0 Å². The highest BCUT2D eigenvalue weighted by Gasteiger charge is 2.53. The quantitative estimate of drug-likeness (QED) is 0.694. The molecule has 5 rings (SSSR count). The van der Waals surface area contributed by atoms with Crippen LogP contribution in [0.2, 0.25) is 0 Å². The average molecular weight is 415 g/mol. The molecule has 0 aliphatic carbocycles. The predicted molar refractivity (Wildman–Crippen MR) is 118 cm³/mol. The number of methoxy groups -OCH3 is 1. The van der Waals surface area contributed by atoms with E-state index in [1.165, 1.54) is 0 Å². The van der Waals surface area contributed by atoms with Gasteiger partial charge >= 0.3 is 0 Å². The summed E-state index contributed by atoms with van der Waals surface area (Å²) in [5.74, 6) is 0.972. The van der Waals surface area contributed by atoms with E-state index in [9.17, 15) is 9.90 Å². The number of anilines is 1. The summed E-state index contributed by atoms with van der Waals surface area (Å²) in [5, 5.41) is 10.2. The lowest BCUT2D eigenvalue weighted by Crippen LogP contribution is -2.68. The minimum absolute atomic E-state index is 0.00621. The van der Waals surface area contributed by atoms with Gasteiger partial charge in [0, 0.05) is 54.7 Å². The van der Waals surface area contributed by atoms with Gasteiger partial charge in [-0.1, -0.05) is 36.4 Å². The molecule has 158 valence electrons. The standard InChI is InChI=1S/C25H25N3O3/c1-31-23-11-5-2-7-18(23)14-27-21-15-28(25(30)17-8-6-12-26-13-17)20-10-4-3-9-19(20)24(21)22(27)16-29/h2-13,21-22,24,29H,14-16H2,1H3/t21-,22+,24+/m1/s1. The van der Waals surface area contributed by atoms with Crippen molar-refractivity contribution < 1.29 is 14.6 Å². The fraction of sp³-hybridized carbons (Fsp3) is 0.280. The third-order valence-corrected chi connectivity index (χ3v) is 6.52. The summed E-state index contributed by atoms with van der Waals surface area (Å²) in [7, 11) is 1.67. The number of hydrogen-bond acceptors (Lipinski definition) is 5. The first-order valence-electron chi connectivity index (χ1n) is 10.5. The maximum Gasteiger partial charge on any atom is 0.259 e. The van der Waals surface area contributed by atoms with Crippen molar-refractivity contribution in [3.63, 3.8) is 0 Å². The largest absolute Gasteiger partial charge is 0.496 e. The molecule has 1 N–H and O–H groups in total. The second kappa shape index (κ2) is 8.13. The molecule has 0 spiro atoms. The molecule has 0 radical (unpaired) electrons. The van der Waals surface area contributed by atoms with Crippen LogP contribution in [-0.2, 0) is 6.54 Å². The van der Waals surface area contributed by atoms with Gasteiger partial charge in [-0.05, 0) is 29.8 Å². The normalized spacial score (nSPS) is 22.3. The molecule has 1 fully saturated rings. The van der Waals surface area contributed by atoms with Gasteiger partial charge in [0.15, 0.2) is 0 Å².